The lowest BCUT2D eigenvalue weighted by atomic mass is 10.2. The van der Waals surface area contributed by atoms with Crippen LogP contribution < -0.4 is 5.56 Å². The molecule has 6 nitrogen and oxygen atoms in total. The summed E-state index contributed by atoms with van der Waals surface area (Å²) in [4.78, 5) is 18.1. The number of sulfonamides is 1. The van der Waals surface area contributed by atoms with Crippen LogP contribution in [0.25, 0.3) is 16.6 Å². The quantitative estimate of drug-likeness (QED) is 0.387. The fraction of sp³-hybridized carbons (Fsp3) is 0.167. The van der Waals surface area contributed by atoms with Gasteiger partial charge in [-0.25, -0.2) is 17.8 Å². The standard InChI is InChI=1S/C24H21ClFN3O3S/c1-3-28(33(31,32)20-13-11-18(26)12-14-20)16(2)23-27-22-10-5-4-9-21(22)24(30)29(23)19-8-6-7-17(25)15-19/h4-16H,3H2,1-2H3. The Morgan fingerprint density at radius 2 is 1.76 bits per heavy atom. The van der Waals surface area contributed by atoms with Gasteiger partial charge in [0.1, 0.15) is 11.6 Å². The topological polar surface area (TPSA) is 72.3 Å². The highest BCUT2D eigenvalue weighted by Crippen LogP contribution is 2.28. The van der Waals surface area contributed by atoms with Crippen molar-refractivity contribution in [2.24, 2.45) is 0 Å². The summed E-state index contributed by atoms with van der Waals surface area (Å²) in [6, 6.07) is 17.4. The number of rotatable bonds is 6. The van der Waals surface area contributed by atoms with Crippen LogP contribution in [-0.2, 0) is 10.0 Å². The Labute approximate surface area is 195 Å². The SMILES string of the molecule is CCN(C(C)c1nc2ccccc2c(=O)n1-c1cccc(Cl)c1)S(=O)(=O)c1ccc(F)cc1. The third-order valence-corrected chi connectivity index (χ3v) is 7.70. The number of hydrogen-bond acceptors (Lipinski definition) is 4. The second kappa shape index (κ2) is 9.05. The molecule has 0 spiro atoms. The predicted molar refractivity (Wildman–Crippen MR) is 127 cm³/mol. The van der Waals surface area contributed by atoms with Gasteiger partial charge in [0.15, 0.2) is 0 Å². The molecule has 1 heterocycles. The summed E-state index contributed by atoms with van der Waals surface area (Å²) < 4.78 is 42.8. The molecule has 33 heavy (non-hydrogen) atoms. The maximum atomic E-state index is 13.5. The maximum Gasteiger partial charge on any atom is 0.266 e. The van der Waals surface area contributed by atoms with E-state index in [-0.39, 0.29) is 22.8 Å². The van der Waals surface area contributed by atoms with E-state index in [9.17, 15) is 17.6 Å². The molecule has 1 atom stereocenters. The summed E-state index contributed by atoms with van der Waals surface area (Å²) in [6.45, 7) is 3.47. The first-order chi connectivity index (χ1) is 15.7. The van der Waals surface area contributed by atoms with Gasteiger partial charge in [-0.05, 0) is 61.5 Å². The second-order valence-corrected chi connectivity index (χ2v) is 9.77. The Kier molecular flexibility index (Phi) is 6.34. The third-order valence-electron chi connectivity index (χ3n) is 5.41. The first-order valence-electron chi connectivity index (χ1n) is 10.3. The van der Waals surface area contributed by atoms with Gasteiger partial charge < -0.3 is 0 Å². The van der Waals surface area contributed by atoms with Gasteiger partial charge in [-0.1, -0.05) is 36.7 Å². The molecule has 0 saturated carbocycles. The summed E-state index contributed by atoms with van der Waals surface area (Å²) in [6.07, 6.45) is 0. The average Bonchev–Trinajstić information content (AvgIpc) is 2.79. The van der Waals surface area contributed by atoms with Crippen LogP contribution >= 0.6 is 11.6 Å². The van der Waals surface area contributed by atoms with Crippen molar-refractivity contribution in [2.45, 2.75) is 24.8 Å². The number of benzene rings is 3. The van der Waals surface area contributed by atoms with E-state index in [0.29, 0.717) is 21.6 Å². The lowest BCUT2D eigenvalue weighted by molar-refractivity contribution is 0.340. The van der Waals surface area contributed by atoms with Crippen molar-refractivity contribution in [2.75, 3.05) is 6.54 Å². The Morgan fingerprint density at radius 3 is 2.42 bits per heavy atom. The average molecular weight is 486 g/mol. The van der Waals surface area contributed by atoms with E-state index in [1.165, 1.54) is 21.0 Å². The largest absolute Gasteiger partial charge is 0.268 e. The highest BCUT2D eigenvalue weighted by Gasteiger charge is 2.32. The molecule has 9 heteroatoms. The molecule has 0 fully saturated rings. The molecular formula is C24H21ClFN3O3S. The molecule has 0 bridgehead atoms. The van der Waals surface area contributed by atoms with Crippen molar-refractivity contribution in [3.8, 4) is 5.69 Å². The third kappa shape index (κ3) is 4.29. The summed E-state index contributed by atoms with van der Waals surface area (Å²) in [5.74, 6) is -0.287. The molecule has 0 saturated heterocycles. The molecule has 4 aromatic rings. The zero-order chi connectivity index (χ0) is 23.8. The van der Waals surface area contributed by atoms with Crippen molar-refractivity contribution >= 4 is 32.5 Å². The predicted octanol–water partition coefficient (Wildman–Crippen LogP) is 4.95. The number of aromatic nitrogens is 2. The van der Waals surface area contributed by atoms with Crippen molar-refractivity contribution in [3.05, 3.63) is 99.8 Å². The molecule has 0 aliphatic carbocycles. The second-order valence-electron chi connectivity index (χ2n) is 7.45. The smallest absolute Gasteiger partial charge is 0.266 e. The highest BCUT2D eigenvalue weighted by atomic mass is 35.5. The van der Waals surface area contributed by atoms with E-state index in [1.54, 1.807) is 62.4 Å². The van der Waals surface area contributed by atoms with Gasteiger partial charge in [0.25, 0.3) is 5.56 Å². The molecule has 0 radical (unpaired) electrons. The van der Waals surface area contributed by atoms with E-state index < -0.39 is 21.9 Å². The summed E-state index contributed by atoms with van der Waals surface area (Å²) in [7, 11) is -4.00. The van der Waals surface area contributed by atoms with Crippen molar-refractivity contribution < 1.29 is 12.8 Å². The van der Waals surface area contributed by atoms with Crippen molar-refractivity contribution in [1.29, 1.82) is 0 Å². The summed E-state index contributed by atoms with van der Waals surface area (Å²) >= 11 is 6.18. The van der Waals surface area contributed by atoms with Crippen LogP contribution in [0.1, 0.15) is 25.7 Å². The van der Waals surface area contributed by atoms with Crippen molar-refractivity contribution in [3.63, 3.8) is 0 Å². The molecule has 0 aliphatic rings. The zero-order valence-electron chi connectivity index (χ0n) is 17.9. The number of halogens is 2. The number of fused-ring (bicyclic) bond motifs is 1. The number of hydrogen-bond donors (Lipinski definition) is 0. The lowest BCUT2D eigenvalue weighted by Gasteiger charge is -2.28. The van der Waals surface area contributed by atoms with E-state index in [1.807, 2.05) is 0 Å². The molecule has 4 rings (SSSR count). The Morgan fingerprint density at radius 1 is 1.06 bits per heavy atom. The molecule has 170 valence electrons. The first kappa shape index (κ1) is 23.1. The monoisotopic (exact) mass is 485 g/mol. The molecule has 0 amide bonds. The summed E-state index contributed by atoms with van der Waals surface area (Å²) in [5.41, 5.74) is 0.598. The Hall–Kier alpha value is -3.07. The number of nitrogens with zero attached hydrogens (tertiary/aromatic N) is 3. The minimum atomic E-state index is -4.00. The van der Waals surface area contributed by atoms with Gasteiger partial charge in [0.05, 0.1) is 27.5 Å². The molecule has 0 N–H and O–H groups in total. The molecular weight excluding hydrogens is 465 g/mol. The Balaban J connectivity index is 1.95. The van der Waals surface area contributed by atoms with Crippen LogP contribution in [0.3, 0.4) is 0 Å². The lowest BCUT2D eigenvalue weighted by Crippen LogP contribution is -2.37. The van der Waals surface area contributed by atoms with Gasteiger partial charge in [0.2, 0.25) is 10.0 Å². The van der Waals surface area contributed by atoms with Crippen molar-refractivity contribution in [1.82, 2.24) is 13.9 Å². The van der Waals surface area contributed by atoms with E-state index in [0.717, 1.165) is 12.1 Å². The Bertz CT molecular complexity index is 1490. The molecule has 1 unspecified atom stereocenters. The normalized spacial score (nSPS) is 12.9. The van der Waals surface area contributed by atoms with E-state index in [4.69, 9.17) is 11.6 Å². The van der Waals surface area contributed by atoms with Gasteiger partial charge in [-0.3, -0.25) is 9.36 Å². The van der Waals surface area contributed by atoms with Gasteiger partial charge in [-0.2, -0.15) is 4.31 Å². The minimum Gasteiger partial charge on any atom is -0.268 e. The van der Waals surface area contributed by atoms with E-state index in [2.05, 4.69) is 4.98 Å². The van der Waals surface area contributed by atoms with Gasteiger partial charge >= 0.3 is 0 Å². The fourth-order valence-electron chi connectivity index (χ4n) is 3.82. The molecule has 1 aromatic heterocycles. The first-order valence-corrected chi connectivity index (χ1v) is 12.1. The number of para-hydroxylation sites is 1. The van der Waals surface area contributed by atoms with Crippen LogP contribution in [-0.4, -0.2) is 28.8 Å². The molecule has 0 aliphatic heterocycles. The summed E-state index contributed by atoms with van der Waals surface area (Å²) in [5, 5.41) is 0.829. The van der Waals surface area contributed by atoms with Crippen LogP contribution in [0, 0.1) is 5.82 Å². The zero-order valence-corrected chi connectivity index (χ0v) is 19.5. The molecule has 3 aromatic carbocycles. The van der Waals surface area contributed by atoms with E-state index >= 15 is 0 Å². The highest BCUT2D eigenvalue weighted by molar-refractivity contribution is 7.89. The fourth-order valence-corrected chi connectivity index (χ4v) is 5.60. The van der Waals surface area contributed by atoms with Crippen LogP contribution in [0.15, 0.2) is 82.5 Å². The minimum absolute atomic E-state index is 0.0463. The van der Waals surface area contributed by atoms with Gasteiger partial charge in [0, 0.05) is 11.6 Å². The van der Waals surface area contributed by atoms with Crippen LogP contribution in [0.2, 0.25) is 5.02 Å². The van der Waals surface area contributed by atoms with Crippen LogP contribution in [0.5, 0.6) is 0 Å². The maximum absolute atomic E-state index is 13.5. The van der Waals surface area contributed by atoms with Crippen LogP contribution in [0.4, 0.5) is 4.39 Å². The van der Waals surface area contributed by atoms with Gasteiger partial charge in [-0.15, -0.1) is 0 Å².